The molecule has 0 bridgehead atoms. The van der Waals surface area contributed by atoms with E-state index in [1.807, 2.05) is 30.3 Å². The SMILES string of the molecule is CS(=O)(=O)c1ccc(-c2cnn(CC#Cc3ccccc3)c(=O)c2-c2ccc(F)cc2)cc1. The zero-order chi connectivity index (χ0) is 23.4. The number of aromatic nitrogens is 2. The van der Waals surface area contributed by atoms with E-state index in [0.29, 0.717) is 22.3 Å². The van der Waals surface area contributed by atoms with Crippen molar-refractivity contribution < 1.29 is 12.8 Å². The molecule has 0 unspecified atom stereocenters. The normalized spacial score (nSPS) is 11.0. The van der Waals surface area contributed by atoms with Crippen molar-refractivity contribution in [2.75, 3.05) is 6.26 Å². The van der Waals surface area contributed by atoms with E-state index < -0.39 is 15.7 Å². The number of nitrogens with zero attached hydrogens (tertiary/aromatic N) is 2. The topological polar surface area (TPSA) is 69.0 Å². The summed E-state index contributed by atoms with van der Waals surface area (Å²) in [5.74, 6) is 5.54. The molecule has 1 aromatic heterocycles. The molecule has 0 N–H and O–H groups in total. The summed E-state index contributed by atoms with van der Waals surface area (Å²) in [7, 11) is -3.36. The van der Waals surface area contributed by atoms with Gasteiger partial charge in [-0.3, -0.25) is 4.79 Å². The summed E-state index contributed by atoms with van der Waals surface area (Å²) in [5.41, 5.74) is 2.43. The quantitative estimate of drug-likeness (QED) is 0.431. The maximum Gasteiger partial charge on any atom is 0.276 e. The Labute approximate surface area is 191 Å². The summed E-state index contributed by atoms with van der Waals surface area (Å²) in [6, 6.07) is 21.2. The third-order valence-corrected chi connectivity index (χ3v) is 6.13. The van der Waals surface area contributed by atoms with E-state index in [1.165, 1.54) is 41.1 Å². The van der Waals surface area contributed by atoms with Crippen LogP contribution in [0, 0.1) is 17.7 Å². The van der Waals surface area contributed by atoms with E-state index in [-0.39, 0.29) is 17.0 Å². The lowest BCUT2D eigenvalue weighted by Crippen LogP contribution is -2.24. The first-order chi connectivity index (χ1) is 15.8. The Kier molecular flexibility index (Phi) is 6.20. The van der Waals surface area contributed by atoms with Crippen LogP contribution in [0.4, 0.5) is 4.39 Å². The third-order valence-electron chi connectivity index (χ3n) is 5.01. The van der Waals surface area contributed by atoms with Gasteiger partial charge in [-0.15, -0.1) is 0 Å². The predicted molar refractivity (Wildman–Crippen MR) is 126 cm³/mol. The first-order valence-electron chi connectivity index (χ1n) is 10.0. The van der Waals surface area contributed by atoms with Gasteiger partial charge in [0.15, 0.2) is 9.84 Å². The van der Waals surface area contributed by atoms with Crippen molar-refractivity contribution in [1.29, 1.82) is 0 Å². The van der Waals surface area contributed by atoms with Crippen LogP contribution < -0.4 is 5.56 Å². The van der Waals surface area contributed by atoms with Gasteiger partial charge >= 0.3 is 0 Å². The first kappa shape index (κ1) is 22.2. The van der Waals surface area contributed by atoms with E-state index in [4.69, 9.17) is 0 Å². The molecule has 0 saturated carbocycles. The number of hydrogen-bond donors (Lipinski definition) is 0. The molecule has 0 aliphatic heterocycles. The summed E-state index contributed by atoms with van der Waals surface area (Å²) >= 11 is 0. The van der Waals surface area contributed by atoms with E-state index >= 15 is 0 Å². The molecule has 0 atom stereocenters. The average Bonchev–Trinajstić information content (AvgIpc) is 2.81. The van der Waals surface area contributed by atoms with E-state index in [2.05, 4.69) is 16.9 Å². The fourth-order valence-electron chi connectivity index (χ4n) is 3.34. The van der Waals surface area contributed by atoms with Gasteiger partial charge < -0.3 is 0 Å². The largest absolute Gasteiger partial charge is 0.276 e. The zero-order valence-electron chi connectivity index (χ0n) is 17.7. The van der Waals surface area contributed by atoms with Crippen LogP contribution in [0.25, 0.3) is 22.3 Å². The van der Waals surface area contributed by atoms with Gasteiger partial charge in [-0.25, -0.2) is 17.5 Å². The molecule has 0 fully saturated rings. The standard InChI is InChI=1S/C26H19FN2O3S/c1-33(31,32)23-15-11-20(12-16-23)24-18-28-29(17-5-8-19-6-3-2-4-7-19)26(30)25(24)21-9-13-22(27)14-10-21/h2-4,6-7,9-16,18H,17H2,1H3. The molecule has 164 valence electrons. The highest BCUT2D eigenvalue weighted by atomic mass is 32.2. The summed E-state index contributed by atoms with van der Waals surface area (Å²) in [4.78, 5) is 13.5. The van der Waals surface area contributed by atoms with Crippen LogP contribution in [0.1, 0.15) is 5.56 Å². The monoisotopic (exact) mass is 458 g/mol. The van der Waals surface area contributed by atoms with Crippen LogP contribution in [0.2, 0.25) is 0 Å². The zero-order valence-corrected chi connectivity index (χ0v) is 18.5. The van der Waals surface area contributed by atoms with E-state index in [9.17, 15) is 17.6 Å². The molecule has 4 rings (SSSR count). The molecule has 0 spiro atoms. The molecule has 4 aromatic rings. The lowest BCUT2D eigenvalue weighted by molar-refractivity contribution is 0.602. The Bertz CT molecular complexity index is 1520. The van der Waals surface area contributed by atoms with Crippen molar-refractivity contribution in [3.05, 3.63) is 107 Å². The molecule has 7 heteroatoms. The van der Waals surface area contributed by atoms with Crippen molar-refractivity contribution in [2.24, 2.45) is 0 Å². The van der Waals surface area contributed by atoms with E-state index in [0.717, 1.165) is 11.8 Å². The second kappa shape index (κ2) is 9.23. The molecule has 1 heterocycles. The van der Waals surface area contributed by atoms with Crippen molar-refractivity contribution >= 4 is 9.84 Å². The number of sulfone groups is 1. The average molecular weight is 459 g/mol. The Morgan fingerprint density at radius 3 is 2.18 bits per heavy atom. The van der Waals surface area contributed by atoms with Gasteiger partial charge in [-0.1, -0.05) is 54.3 Å². The van der Waals surface area contributed by atoms with Crippen molar-refractivity contribution in [2.45, 2.75) is 11.4 Å². The summed E-state index contributed by atoms with van der Waals surface area (Å²) < 4.78 is 38.3. The van der Waals surface area contributed by atoms with Crippen molar-refractivity contribution in [3.63, 3.8) is 0 Å². The molecule has 33 heavy (non-hydrogen) atoms. The molecular weight excluding hydrogens is 439 g/mol. The van der Waals surface area contributed by atoms with E-state index in [1.54, 1.807) is 18.3 Å². The minimum Gasteiger partial charge on any atom is -0.267 e. The number of rotatable bonds is 4. The highest BCUT2D eigenvalue weighted by molar-refractivity contribution is 7.90. The summed E-state index contributed by atoms with van der Waals surface area (Å²) in [6.07, 6.45) is 2.67. The summed E-state index contributed by atoms with van der Waals surface area (Å²) in [6.45, 7) is 0.0786. The van der Waals surface area contributed by atoms with Crippen molar-refractivity contribution in [1.82, 2.24) is 9.78 Å². The van der Waals surface area contributed by atoms with Crippen LogP contribution in [0.5, 0.6) is 0 Å². The molecular formula is C26H19FN2O3S. The molecule has 0 amide bonds. The summed E-state index contributed by atoms with van der Waals surface area (Å²) in [5, 5.41) is 4.27. The molecule has 0 saturated heterocycles. The predicted octanol–water partition coefficient (Wildman–Crippen LogP) is 4.17. The maximum absolute atomic E-state index is 13.5. The van der Waals surface area contributed by atoms with Crippen LogP contribution in [0.3, 0.4) is 0 Å². The molecule has 3 aromatic carbocycles. The minimum atomic E-state index is -3.36. The Balaban J connectivity index is 1.80. The lowest BCUT2D eigenvalue weighted by Gasteiger charge is -2.12. The van der Waals surface area contributed by atoms with Crippen molar-refractivity contribution in [3.8, 4) is 34.1 Å². The van der Waals surface area contributed by atoms with Gasteiger partial charge in [-0.05, 0) is 47.5 Å². The van der Waals surface area contributed by atoms with Crippen LogP contribution in [0.15, 0.2) is 94.7 Å². The van der Waals surface area contributed by atoms with Crippen LogP contribution in [-0.2, 0) is 16.4 Å². The lowest BCUT2D eigenvalue weighted by atomic mass is 9.97. The van der Waals surface area contributed by atoms with Gasteiger partial charge in [0.05, 0.1) is 16.7 Å². The highest BCUT2D eigenvalue weighted by Crippen LogP contribution is 2.29. The van der Waals surface area contributed by atoms with Gasteiger partial charge in [0, 0.05) is 17.4 Å². The van der Waals surface area contributed by atoms with Crippen LogP contribution in [-0.4, -0.2) is 24.5 Å². The number of benzene rings is 3. The second-order valence-electron chi connectivity index (χ2n) is 7.37. The molecule has 0 radical (unpaired) electrons. The minimum absolute atomic E-state index is 0.0786. The van der Waals surface area contributed by atoms with Gasteiger partial charge in [0.2, 0.25) is 0 Å². The Morgan fingerprint density at radius 2 is 1.55 bits per heavy atom. The fourth-order valence-corrected chi connectivity index (χ4v) is 3.97. The Morgan fingerprint density at radius 1 is 0.909 bits per heavy atom. The molecule has 0 aliphatic rings. The highest BCUT2D eigenvalue weighted by Gasteiger charge is 2.16. The smallest absolute Gasteiger partial charge is 0.267 e. The van der Waals surface area contributed by atoms with Crippen LogP contribution >= 0.6 is 0 Å². The number of hydrogen-bond acceptors (Lipinski definition) is 4. The fraction of sp³-hybridized carbons (Fsp3) is 0.0769. The third kappa shape index (κ3) is 5.08. The van der Waals surface area contributed by atoms with Gasteiger partial charge in [0.1, 0.15) is 12.4 Å². The van der Waals surface area contributed by atoms with Gasteiger partial charge in [-0.2, -0.15) is 5.10 Å². The maximum atomic E-state index is 13.5. The molecule has 0 aliphatic carbocycles. The van der Waals surface area contributed by atoms with Gasteiger partial charge in [0.25, 0.3) is 5.56 Å². The second-order valence-corrected chi connectivity index (χ2v) is 9.38. The first-order valence-corrected chi connectivity index (χ1v) is 11.9. The number of halogens is 1. The Hall–Kier alpha value is -4.02. The molecule has 5 nitrogen and oxygen atoms in total.